The van der Waals surface area contributed by atoms with Crippen LogP contribution in [-0.2, 0) is 23.0 Å². The van der Waals surface area contributed by atoms with E-state index in [0.717, 1.165) is 17.2 Å². The van der Waals surface area contributed by atoms with E-state index in [9.17, 15) is 22.2 Å². The van der Waals surface area contributed by atoms with Gasteiger partial charge >= 0.3 is 6.18 Å². The van der Waals surface area contributed by atoms with Crippen LogP contribution in [0.3, 0.4) is 0 Å². The first-order valence-electron chi connectivity index (χ1n) is 9.96. The molecule has 3 aromatic rings. The topological polar surface area (TPSA) is 77.2 Å². The molecule has 2 aromatic heterocycles. The summed E-state index contributed by atoms with van der Waals surface area (Å²) in [4.78, 5) is 21.7. The number of pyridine rings is 1. The van der Waals surface area contributed by atoms with Crippen molar-refractivity contribution in [3.63, 3.8) is 0 Å². The lowest BCUT2D eigenvalue weighted by atomic mass is 10.1. The van der Waals surface area contributed by atoms with E-state index < -0.39 is 27.4 Å². The average Bonchev–Trinajstić information content (AvgIpc) is 3.09. The van der Waals surface area contributed by atoms with Crippen LogP contribution in [0.5, 0.6) is 0 Å². The van der Waals surface area contributed by atoms with Gasteiger partial charge in [0.05, 0.1) is 15.3 Å². The fourth-order valence-corrected chi connectivity index (χ4v) is 5.03. The van der Waals surface area contributed by atoms with Gasteiger partial charge in [0.15, 0.2) is 5.65 Å². The molecule has 0 atom stereocenters. The Morgan fingerprint density at radius 1 is 1.19 bits per heavy atom. The molecule has 3 rings (SSSR count). The second-order valence-electron chi connectivity index (χ2n) is 6.95. The molecule has 11 heteroatoms. The number of thioether (sulfide) groups is 1. The van der Waals surface area contributed by atoms with Crippen LogP contribution < -0.4 is 0 Å². The van der Waals surface area contributed by atoms with Crippen molar-refractivity contribution in [3.8, 4) is 11.4 Å². The predicted octanol–water partition coefficient (Wildman–Crippen LogP) is 5.41. The maximum absolute atomic E-state index is 13.1. The number of nitrogens with zero attached hydrogens (tertiary/aromatic N) is 4. The van der Waals surface area contributed by atoms with Gasteiger partial charge in [0.25, 0.3) is 5.91 Å². The molecule has 0 aliphatic rings. The molecule has 0 spiro atoms. The van der Waals surface area contributed by atoms with E-state index in [1.54, 1.807) is 43.7 Å². The summed E-state index contributed by atoms with van der Waals surface area (Å²) >= 11 is 1.46. The summed E-state index contributed by atoms with van der Waals surface area (Å²) in [5, 5.41) is 0. The fraction of sp³-hybridized carbons (Fsp3) is 0.381. The Balaban J connectivity index is 2.12. The first kappa shape index (κ1) is 24.2. The Hall–Kier alpha value is -2.40. The van der Waals surface area contributed by atoms with Crippen LogP contribution >= 0.6 is 11.8 Å². The van der Waals surface area contributed by atoms with E-state index in [2.05, 4.69) is 14.3 Å². The van der Waals surface area contributed by atoms with Crippen LogP contribution in [0, 0.1) is 0 Å². The largest absolute Gasteiger partial charge is 0.417 e. The number of rotatable bonds is 6. The minimum Gasteiger partial charge on any atom is -0.312 e. The van der Waals surface area contributed by atoms with Crippen LogP contribution in [0.15, 0.2) is 39.7 Å². The first-order chi connectivity index (χ1) is 15.0. The summed E-state index contributed by atoms with van der Waals surface area (Å²) in [6.45, 7) is 5.41. The van der Waals surface area contributed by atoms with Crippen LogP contribution in [-0.4, -0.2) is 41.9 Å². The number of aromatic nitrogens is 3. The Morgan fingerprint density at radius 2 is 1.88 bits per heavy atom. The molecular formula is C21H23F3N4O2S2. The van der Waals surface area contributed by atoms with E-state index in [1.165, 1.54) is 11.8 Å². The Bertz CT molecular complexity index is 1280. The number of carbonyl (C=O) groups is 1. The molecule has 0 N–H and O–H groups in total. The molecule has 0 aliphatic carbocycles. The highest BCUT2D eigenvalue weighted by molar-refractivity contribution is 7.99. The molecular weight excluding hydrogens is 461 g/mol. The molecule has 1 amide bonds. The van der Waals surface area contributed by atoms with Gasteiger partial charge in [0, 0.05) is 40.8 Å². The van der Waals surface area contributed by atoms with Crippen molar-refractivity contribution in [2.45, 2.75) is 31.8 Å². The predicted molar refractivity (Wildman–Crippen MR) is 121 cm³/mol. The highest BCUT2D eigenvalue weighted by Crippen LogP contribution is 2.35. The third-order valence-corrected chi connectivity index (χ3v) is 8.20. The van der Waals surface area contributed by atoms with E-state index in [4.69, 9.17) is 0 Å². The Labute approximate surface area is 188 Å². The molecule has 0 bridgehead atoms. The van der Waals surface area contributed by atoms with Crippen molar-refractivity contribution >= 4 is 38.6 Å². The number of fused-ring (bicyclic) bond motifs is 1. The van der Waals surface area contributed by atoms with Gasteiger partial charge in [-0.15, -0.1) is 11.8 Å². The third-order valence-electron chi connectivity index (χ3n) is 4.96. The SMILES string of the molecule is CCSc1cc(C(=O)N=S(=O)(CC)CC)ccc1-c1nc2cc(C(F)(F)F)cnc2n1C. The molecule has 0 unspecified atom stereocenters. The van der Waals surface area contributed by atoms with E-state index in [1.807, 2.05) is 6.92 Å². The first-order valence-corrected chi connectivity index (χ1v) is 12.8. The Morgan fingerprint density at radius 3 is 2.47 bits per heavy atom. The quantitative estimate of drug-likeness (QED) is 0.437. The van der Waals surface area contributed by atoms with Crippen LogP contribution in [0.25, 0.3) is 22.6 Å². The summed E-state index contributed by atoms with van der Waals surface area (Å²) in [6, 6.07) is 5.89. The van der Waals surface area contributed by atoms with Gasteiger partial charge in [-0.3, -0.25) is 4.79 Å². The molecule has 32 heavy (non-hydrogen) atoms. The lowest BCUT2D eigenvalue weighted by molar-refractivity contribution is -0.137. The smallest absolute Gasteiger partial charge is 0.312 e. The maximum Gasteiger partial charge on any atom is 0.417 e. The molecule has 0 aliphatic heterocycles. The number of benzene rings is 1. The van der Waals surface area contributed by atoms with Gasteiger partial charge in [-0.1, -0.05) is 20.8 Å². The minimum atomic E-state index is -4.51. The second kappa shape index (κ2) is 9.22. The summed E-state index contributed by atoms with van der Waals surface area (Å²) in [6.07, 6.45) is -3.72. The molecule has 6 nitrogen and oxygen atoms in total. The van der Waals surface area contributed by atoms with Crippen molar-refractivity contribution in [2.24, 2.45) is 11.4 Å². The molecule has 172 valence electrons. The van der Waals surface area contributed by atoms with Crippen molar-refractivity contribution in [2.75, 3.05) is 17.3 Å². The second-order valence-corrected chi connectivity index (χ2v) is 11.1. The van der Waals surface area contributed by atoms with E-state index in [-0.39, 0.29) is 17.0 Å². The molecule has 0 fully saturated rings. The van der Waals surface area contributed by atoms with Gasteiger partial charge in [-0.2, -0.15) is 17.5 Å². The van der Waals surface area contributed by atoms with Crippen LogP contribution in [0.4, 0.5) is 13.2 Å². The average molecular weight is 485 g/mol. The summed E-state index contributed by atoms with van der Waals surface area (Å²) < 4.78 is 57.3. The van der Waals surface area contributed by atoms with E-state index >= 15 is 0 Å². The van der Waals surface area contributed by atoms with Crippen LogP contribution in [0.1, 0.15) is 36.7 Å². The summed E-state index contributed by atoms with van der Waals surface area (Å²) in [5.74, 6) is 1.16. The van der Waals surface area contributed by atoms with Gasteiger partial charge in [0.1, 0.15) is 11.3 Å². The number of aryl methyl sites for hydroxylation is 1. The van der Waals surface area contributed by atoms with Crippen molar-refractivity contribution in [1.82, 2.24) is 14.5 Å². The zero-order chi connectivity index (χ0) is 23.7. The number of alkyl halides is 3. The number of carbonyl (C=O) groups excluding carboxylic acids is 1. The normalized spacial score (nSPS) is 12.3. The summed E-state index contributed by atoms with van der Waals surface area (Å²) in [7, 11) is -0.910. The van der Waals surface area contributed by atoms with E-state index in [0.29, 0.717) is 28.4 Å². The van der Waals surface area contributed by atoms with Gasteiger partial charge in [-0.05, 0) is 30.0 Å². The van der Waals surface area contributed by atoms with Crippen molar-refractivity contribution in [1.29, 1.82) is 0 Å². The van der Waals surface area contributed by atoms with Gasteiger partial charge in [0.2, 0.25) is 0 Å². The highest BCUT2D eigenvalue weighted by Gasteiger charge is 2.32. The number of halogens is 3. The van der Waals surface area contributed by atoms with Crippen molar-refractivity contribution in [3.05, 3.63) is 41.6 Å². The zero-order valence-corrected chi connectivity index (χ0v) is 19.7. The lowest BCUT2D eigenvalue weighted by Gasteiger charge is -2.10. The fourth-order valence-electron chi connectivity index (χ4n) is 3.12. The highest BCUT2D eigenvalue weighted by atomic mass is 32.2. The Kier molecular flexibility index (Phi) is 6.99. The number of imidazole rings is 1. The van der Waals surface area contributed by atoms with Crippen molar-refractivity contribution < 1.29 is 22.2 Å². The summed E-state index contributed by atoms with van der Waals surface area (Å²) in [5.41, 5.74) is 0.548. The molecule has 1 aromatic carbocycles. The lowest BCUT2D eigenvalue weighted by Crippen LogP contribution is -2.10. The number of amides is 1. The molecule has 0 saturated heterocycles. The molecule has 2 heterocycles. The molecule has 0 radical (unpaired) electrons. The molecule has 0 saturated carbocycles. The third kappa shape index (κ3) is 4.83. The minimum absolute atomic E-state index is 0.130. The van der Waals surface area contributed by atoms with Gasteiger partial charge in [-0.25, -0.2) is 14.2 Å². The zero-order valence-electron chi connectivity index (χ0n) is 18.1. The van der Waals surface area contributed by atoms with Crippen LogP contribution in [0.2, 0.25) is 0 Å². The number of hydrogen-bond acceptors (Lipinski definition) is 5. The van der Waals surface area contributed by atoms with Gasteiger partial charge < -0.3 is 4.57 Å². The number of hydrogen-bond donors (Lipinski definition) is 0. The monoisotopic (exact) mass is 484 g/mol. The standard InChI is InChI=1S/C21H23F3N4O2S2/c1-5-31-17-10-13(20(29)27-32(30,6-2)7-3)8-9-15(17)18-26-16-11-14(21(22,23)24)12-25-19(16)28(18)4/h8-12H,5-7H2,1-4H3. The maximum atomic E-state index is 13.1.